The van der Waals surface area contributed by atoms with E-state index in [0.29, 0.717) is 24.7 Å². The van der Waals surface area contributed by atoms with E-state index in [9.17, 15) is 4.79 Å². The van der Waals surface area contributed by atoms with Crippen LogP contribution in [0.3, 0.4) is 0 Å². The maximum atomic E-state index is 12.8. The van der Waals surface area contributed by atoms with Gasteiger partial charge in [0.25, 0.3) is 0 Å². The molecule has 2 aromatic carbocycles. The van der Waals surface area contributed by atoms with Crippen molar-refractivity contribution in [2.45, 2.75) is 47.2 Å². The van der Waals surface area contributed by atoms with Crippen molar-refractivity contribution in [3.8, 4) is 0 Å². The summed E-state index contributed by atoms with van der Waals surface area (Å²) in [6.45, 7) is 9.78. The van der Waals surface area contributed by atoms with Gasteiger partial charge in [-0.15, -0.1) is 0 Å². The van der Waals surface area contributed by atoms with E-state index >= 15 is 0 Å². The number of hydrogen-bond donors (Lipinski definition) is 1. The Labute approximate surface area is 182 Å². The highest BCUT2D eigenvalue weighted by Crippen LogP contribution is 2.21. The van der Waals surface area contributed by atoms with E-state index < -0.39 is 0 Å². The van der Waals surface area contributed by atoms with Crippen molar-refractivity contribution in [1.29, 1.82) is 0 Å². The minimum absolute atomic E-state index is 0.0602. The fraction of sp³-hybridized carbons (Fsp3) is 0.320. The van der Waals surface area contributed by atoms with Crippen molar-refractivity contribution < 1.29 is 4.79 Å². The van der Waals surface area contributed by atoms with E-state index in [4.69, 9.17) is 0 Å². The molecule has 6 nitrogen and oxygen atoms in total. The number of nitrogens with one attached hydrogen (secondary N) is 1. The summed E-state index contributed by atoms with van der Waals surface area (Å²) in [5.41, 5.74) is 4.14. The average Bonchev–Trinajstić information content (AvgIpc) is 3.27. The molecule has 6 heteroatoms. The number of amides is 1. The van der Waals surface area contributed by atoms with Gasteiger partial charge in [-0.2, -0.15) is 10.2 Å². The number of hydrogen-bond acceptors (Lipinski definition) is 3. The Morgan fingerprint density at radius 1 is 1.03 bits per heavy atom. The third-order valence-electron chi connectivity index (χ3n) is 5.59. The zero-order valence-corrected chi connectivity index (χ0v) is 18.6. The van der Waals surface area contributed by atoms with Gasteiger partial charge in [0.05, 0.1) is 24.9 Å². The van der Waals surface area contributed by atoms with Crippen molar-refractivity contribution in [3.63, 3.8) is 0 Å². The third-order valence-corrected chi connectivity index (χ3v) is 5.59. The zero-order valence-electron chi connectivity index (χ0n) is 18.6. The van der Waals surface area contributed by atoms with Crippen molar-refractivity contribution in [2.75, 3.05) is 5.32 Å². The minimum atomic E-state index is -0.0602. The Kier molecular flexibility index (Phi) is 5.89. The van der Waals surface area contributed by atoms with Crippen LogP contribution in [-0.2, 0) is 24.3 Å². The van der Waals surface area contributed by atoms with Crippen LogP contribution in [0.2, 0.25) is 0 Å². The van der Waals surface area contributed by atoms with Crippen LogP contribution < -0.4 is 5.32 Å². The first-order valence-corrected chi connectivity index (χ1v) is 10.7. The largest absolute Gasteiger partial charge is 0.311 e. The van der Waals surface area contributed by atoms with Crippen LogP contribution in [0.5, 0.6) is 0 Å². The molecule has 1 N–H and O–H groups in total. The second-order valence-corrected chi connectivity index (χ2v) is 8.46. The van der Waals surface area contributed by atoms with E-state index in [1.807, 2.05) is 41.4 Å². The molecule has 0 aliphatic heterocycles. The summed E-state index contributed by atoms with van der Waals surface area (Å²) >= 11 is 0. The summed E-state index contributed by atoms with van der Waals surface area (Å²) in [5, 5.41) is 14.5. The van der Waals surface area contributed by atoms with Crippen LogP contribution in [0, 0.1) is 19.8 Å². The third kappa shape index (κ3) is 4.53. The van der Waals surface area contributed by atoms with E-state index in [-0.39, 0.29) is 5.91 Å². The van der Waals surface area contributed by atoms with Gasteiger partial charge in [-0.25, -0.2) is 4.68 Å². The van der Waals surface area contributed by atoms with Crippen LogP contribution in [0.1, 0.15) is 36.4 Å². The number of anilines is 1. The standard InChI is InChI=1S/C25H29N5O/c1-17(2)15-29-19(4)23(18(3)28-29)14-25(31)27-24-12-13-26-30(24)16-21-10-7-9-20-8-5-6-11-22(20)21/h5-13,17H,14-16H2,1-4H3,(H,27,31). The molecule has 4 rings (SSSR count). The first kappa shape index (κ1) is 20.8. The van der Waals surface area contributed by atoms with E-state index in [2.05, 4.69) is 59.7 Å². The summed E-state index contributed by atoms with van der Waals surface area (Å²) in [7, 11) is 0. The molecule has 0 bridgehead atoms. The molecule has 0 unspecified atom stereocenters. The smallest absolute Gasteiger partial charge is 0.230 e. The Morgan fingerprint density at radius 3 is 2.61 bits per heavy atom. The first-order valence-electron chi connectivity index (χ1n) is 10.7. The predicted octanol–water partition coefficient (Wildman–Crippen LogP) is 4.74. The predicted molar refractivity (Wildman–Crippen MR) is 124 cm³/mol. The van der Waals surface area contributed by atoms with Gasteiger partial charge in [-0.05, 0) is 36.1 Å². The summed E-state index contributed by atoms with van der Waals surface area (Å²) in [6, 6.07) is 16.4. The normalized spacial score (nSPS) is 11.4. The van der Waals surface area contributed by atoms with Gasteiger partial charge in [-0.1, -0.05) is 56.3 Å². The molecule has 0 fully saturated rings. The van der Waals surface area contributed by atoms with Crippen LogP contribution in [-0.4, -0.2) is 25.5 Å². The Balaban J connectivity index is 1.50. The molecule has 0 saturated heterocycles. The van der Waals surface area contributed by atoms with Gasteiger partial charge >= 0.3 is 0 Å². The van der Waals surface area contributed by atoms with Gasteiger partial charge in [0.1, 0.15) is 5.82 Å². The molecule has 0 aliphatic carbocycles. The van der Waals surface area contributed by atoms with E-state index in [1.54, 1.807) is 6.20 Å². The number of rotatable bonds is 7. The van der Waals surface area contributed by atoms with Crippen molar-refractivity contribution in [3.05, 3.63) is 77.2 Å². The topological polar surface area (TPSA) is 64.7 Å². The van der Waals surface area contributed by atoms with Crippen molar-refractivity contribution >= 4 is 22.5 Å². The van der Waals surface area contributed by atoms with Gasteiger partial charge in [-0.3, -0.25) is 9.48 Å². The molecule has 4 aromatic rings. The van der Waals surface area contributed by atoms with Crippen LogP contribution in [0.4, 0.5) is 5.82 Å². The summed E-state index contributed by atoms with van der Waals surface area (Å²) < 4.78 is 3.84. The second-order valence-electron chi connectivity index (χ2n) is 8.46. The lowest BCUT2D eigenvalue weighted by atomic mass is 10.0. The molecule has 160 valence electrons. The maximum Gasteiger partial charge on any atom is 0.230 e. The van der Waals surface area contributed by atoms with Gasteiger partial charge in [0, 0.05) is 23.9 Å². The van der Waals surface area contributed by atoms with Crippen LogP contribution >= 0.6 is 0 Å². The number of benzene rings is 2. The van der Waals surface area contributed by atoms with Gasteiger partial charge in [0.2, 0.25) is 5.91 Å². The minimum Gasteiger partial charge on any atom is -0.311 e. The lowest BCUT2D eigenvalue weighted by Crippen LogP contribution is -2.19. The fourth-order valence-corrected chi connectivity index (χ4v) is 4.02. The Bertz CT molecular complexity index is 1210. The Morgan fingerprint density at radius 2 is 1.81 bits per heavy atom. The monoisotopic (exact) mass is 415 g/mol. The molecule has 31 heavy (non-hydrogen) atoms. The Hall–Kier alpha value is -3.41. The molecule has 2 heterocycles. The van der Waals surface area contributed by atoms with Gasteiger partial charge < -0.3 is 5.32 Å². The highest BCUT2D eigenvalue weighted by Gasteiger charge is 2.17. The van der Waals surface area contributed by atoms with E-state index in [1.165, 1.54) is 16.3 Å². The summed E-state index contributed by atoms with van der Waals surface area (Å²) in [4.78, 5) is 12.8. The quantitative estimate of drug-likeness (QED) is 0.474. The van der Waals surface area contributed by atoms with Crippen LogP contribution in [0.15, 0.2) is 54.7 Å². The molecular formula is C25H29N5O. The first-order chi connectivity index (χ1) is 14.9. The molecule has 0 atom stereocenters. The molecule has 0 radical (unpaired) electrons. The van der Waals surface area contributed by atoms with Crippen LogP contribution in [0.25, 0.3) is 10.8 Å². The molecule has 2 aromatic heterocycles. The molecule has 1 amide bonds. The zero-order chi connectivity index (χ0) is 22.0. The fourth-order valence-electron chi connectivity index (χ4n) is 4.02. The molecule has 0 saturated carbocycles. The van der Waals surface area contributed by atoms with E-state index in [0.717, 1.165) is 23.5 Å². The number of aromatic nitrogens is 4. The second kappa shape index (κ2) is 8.76. The number of aryl methyl sites for hydroxylation is 1. The molecule has 0 spiro atoms. The SMILES string of the molecule is Cc1nn(CC(C)C)c(C)c1CC(=O)Nc1ccnn1Cc1cccc2ccccc12. The number of fused-ring (bicyclic) bond motifs is 1. The number of carbonyl (C=O) groups is 1. The van der Waals surface area contributed by atoms with Gasteiger partial charge in [0.15, 0.2) is 0 Å². The summed E-state index contributed by atoms with van der Waals surface area (Å²) in [6.07, 6.45) is 2.02. The lowest BCUT2D eigenvalue weighted by Gasteiger charge is -2.11. The highest BCUT2D eigenvalue weighted by atomic mass is 16.1. The average molecular weight is 416 g/mol. The molecule has 0 aliphatic rings. The summed E-state index contributed by atoms with van der Waals surface area (Å²) in [5.74, 6) is 1.14. The maximum absolute atomic E-state index is 12.8. The number of carbonyl (C=O) groups excluding carboxylic acids is 1. The molecular weight excluding hydrogens is 386 g/mol. The highest BCUT2D eigenvalue weighted by molar-refractivity contribution is 5.92. The van der Waals surface area contributed by atoms with Crippen molar-refractivity contribution in [2.24, 2.45) is 5.92 Å². The number of nitrogens with zero attached hydrogens (tertiary/aromatic N) is 4. The lowest BCUT2D eigenvalue weighted by molar-refractivity contribution is -0.115. The van der Waals surface area contributed by atoms with Crippen molar-refractivity contribution in [1.82, 2.24) is 19.6 Å².